The summed E-state index contributed by atoms with van der Waals surface area (Å²) in [6, 6.07) is 1.90. The van der Waals surface area contributed by atoms with Gasteiger partial charge in [-0.05, 0) is 18.1 Å². The predicted octanol–water partition coefficient (Wildman–Crippen LogP) is 3.61. The van der Waals surface area contributed by atoms with E-state index in [1.54, 1.807) is 12.4 Å². The molecule has 0 saturated carbocycles. The summed E-state index contributed by atoms with van der Waals surface area (Å²) in [7, 11) is 0. The first-order valence-electron chi connectivity index (χ1n) is 5.49. The fourth-order valence-electron chi connectivity index (χ4n) is 1.65. The first-order chi connectivity index (χ1) is 8.26. The molecule has 0 spiro atoms. The number of rotatable bonds is 4. The Balaban J connectivity index is 2.42. The summed E-state index contributed by atoms with van der Waals surface area (Å²) in [6.07, 6.45) is 7.28. The molecule has 2 aromatic rings. The standard InChI is InChI=1S/C12H13Cl2N3/c1-2-3-11-15-4-5-17(11)12-6-9(7-13)10(14)8-16-12/h4-6,8H,2-3,7H2,1H3. The summed E-state index contributed by atoms with van der Waals surface area (Å²) in [5.74, 6) is 2.19. The molecule has 2 rings (SSSR count). The van der Waals surface area contributed by atoms with E-state index in [0.717, 1.165) is 30.0 Å². The van der Waals surface area contributed by atoms with E-state index in [1.807, 2.05) is 16.8 Å². The van der Waals surface area contributed by atoms with Crippen LogP contribution in [0.15, 0.2) is 24.7 Å². The Morgan fingerprint density at radius 1 is 1.35 bits per heavy atom. The second-order valence-electron chi connectivity index (χ2n) is 3.73. The van der Waals surface area contributed by atoms with Gasteiger partial charge in [0.05, 0.1) is 5.02 Å². The molecular weight excluding hydrogens is 257 g/mol. The summed E-state index contributed by atoms with van der Waals surface area (Å²) >= 11 is 11.8. The second-order valence-corrected chi connectivity index (χ2v) is 4.41. The van der Waals surface area contributed by atoms with Gasteiger partial charge in [0, 0.05) is 30.9 Å². The van der Waals surface area contributed by atoms with E-state index >= 15 is 0 Å². The van der Waals surface area contributed by atoms with Crippen LogP contribution < -0.4 is 0 Å². The van der Waals surface area contributed by atoms with Crippen molar-refractivity contribution in [3.05, 3.63) is 41.1 Å². The largest absolute Gasteiger partial charge is 0.288 e. The van der Waals surface area contributed by atoms with Crippen molar-refractivity contribution in [3.63, 3.8) is 0 Å². The Morgan fingerprint density at radius 3 is 2.88 bits per heavy atom. The van der Waals surface area contributed by atoms with Crippen molar-refractivity contribution in [1.82, 2.24) is 14.5 Å². The van der Waals surface area contributed by atoms with Crippen LogP contribution in [0.1, 0.15) is 24.7 Å². The molecule has 0 N–H and O–H groups in total. The van der Waals surface area contributed by atoms with Gasteiger partial charge in [0.15, 0.2) is 0 Å². The lowest BCUT2D eigenvalue weighted by Crippen LogP contribution is -2.03. The van der Waals surface area contributed by atoms with Crippen molar-refractivity contribution in [1.29, 1.82) is 0 Å². The smallest absolute Gasteiger partial charge is 0.138 e. The molecule has 0 amide bonds. The van der Waals surface area contributed by atoms with E-state index in [1.165, 1.54) is 0 Å². The van der Waals surface area contributed by atoms with Crippen LogP contribution >= 0.6 is 23.2 Å². The van der Waals surface area contributed by atoms with Crippen molar-refractivity contribution in [2.24, 2.45) is 0 Å². The molecule has 0 aliphatic carbocycles. The van der Waals surface area contributed by atoms with Crippen LogP contribution in [0.2, 0.25) is 5.02 Å². The number of alkyl halides is 1. The van der Waals surface area contributed by atoms with Gasteiger partial charge < -0.3 is 0 Å². The summed E-state index contributed by atoms with van der Waals surface area (Å²) < 4.78 is 1.97. The summed E-state index contributed by atoms with van der Waals surface area (Å²) in [6.45, 7) is 2.12. The van der Waals surface area contributed by atoms with Gasteiger partial charge in [0.2, 0.25) is 0 Å². The fraction of sp³-hybridized carbons (Fsp3) is 0.333. The molecular formula is C12H13Cl2N3. The minimum Gasteiger partial charge on any atom is -0.288 e. The topological polar surface area (TPSA) is 30.7 Å². The quantitative estimate of drug-likeness (QED) is 0.794. The second kappa shape index (κ2) is 5.52. The first-order valence-corrected chi connectivity index (χ1v) is 6.40. The highest BCUT2D eigenvalue weighted by Gasteiger charge is 2.07. The Morgan fingerprint density at radius 2 is 2.18 bits per heavy atom. The van der Waals surface area contributed by atoms with E-state index in [2.05, 4.69) is 16.9 Å². The molecule has 17 heavy (non-hydrogen) atoms. The van der Waals surface area contributed by atoms with E-state index in [9.17, 15) is 0 Å². The number of hydrogen-bond acceptors (Lipinski definition) is 2. The van der Waals surface area contributed by atoms with Gasteiger partial charge in [-0.15, -0.1) is 11.6 Å². The highest BCUT2D eigenvalue weighted by Crippen LogP contribution is 2.20. The van der Waals surface area contributed by atoms with Gasteiger partial charge >= 0.3 is 0 Å². The van der Waals surface area contributed by atoms with E-state index < -0.39 is 0 Å². The third-order valence-electron chi connectivity index (χ3n) is 2.50. The molecule has 0 bridgehead atoms. The third-order valence-corrected chi connectivity index (χ3v) is 3.13. The van der Waals surface area contributed by atoms with Crippen LogP contribution in [0, 0.1) is 0 Å². The Labute approximate surface area is 110 Å². The van der Waals surface area contributed by atoms with E-state index in [-0.39, 0.29) is 0 Å². The average Bonchev–Trinajstić information content (AvgIpc) is 2.78. The molecule has 0 radical (unpaired) electrons. The van der Waals surface area contributed by atoms with Gasteiger partial charge in [-0.2, -0.15) is 0 Å². The number of imidazole rings is 1. The number of nitrogens with zero attached hydrogens (tertiary/aromatic N) is 3. The van der Waals surface area contributed by atoms with Gasteiger partial charge in [0.1, 0.15) is 11.6 Å². The highest BCUT2D eigenvalue weighted by molar-refractivity contribution is 6.32. The van der Waals surface area contributed by atoms with Crippen LogP contribution in [0.4, 0.5) is 0 Å². The van der Waals surface area contributed by atoms with Gasteiger partial charge in [-0.25, -0.2) is 9.97 Å². The maximum Gasteiger partial charge on any atom is 0.138 e. The van der Waals surface area contributed by atoms with Crippen molar-refractivity contribution in [2.75, 3.05) is 0 Å². The Kier molecular flexibility index (Phi) is 4.02. The molecule has 90 valence electrons. The molecule has 2 heterocycles. The van der Waals surface area contributed by atoms with Crippen LogP contribution in [0.25, 0.3) is 5.82 Å². The molecule has 0 unspecified atom stereocenters. The fourth-order valence-corrected chi connectivity index (χ4v) is 2.11. The van der Waals surface area contributed by atoms with Gasteiger partial charge in [-0.3, -0.25) is 4.57 Å². The van der Waals surface area contributed by atoms with E-state index in [4.69, 9.17) is 23.2 Å². The normalized spacial score (nSPS) is 10.8. The lowest BCUT2D eigenvalue weighted by Gasteiger charge is -2.08. The van der Waals surface area contributed by atoms with Gasteiger partial charge in [0.25, 0.3) is 0 Å². The van der Waals surface area contributed by atoms with Gasteiger partial charge in [-0.1, -0.05) is 18.5 Å². The van der Waals surface area contributed by atoms with Crippen molar-refractivity contribution in [3.8, 4) is 5.82 Å². The maximum absolute atomic E-state index is 5.99. The summed E-state index contributed by atoms with van der Waals surface area (Å²) in [4.78, 5) is 8.62. The maximum atomic E-state index is 5.99. The SMILES string of the molecule is CCCc1nccn1-c1cc(CCl)c(Cl)cn1. The average molecular weight is 270 g/mol. The zero-order chi connectivity index (χ0) is 12.3. The van der Waals surface area contributed by atoms with Crippen LogP contribution in [-0.4, -0.2) is 14.5 Å². The highest BCUT2D eigenvalue weighted by atomic mass is 35.5. The minimum atomic E-state index is 0.381. The summed E-state index contributed by atoms with van der Waals surface area (Å²) in [5, 5.41) is 0.598. The number of pyridine rings is 1. The molecule has 0 saturated heterocycles. The predicted molar refractivity (Wildman–Crippen MR) is 69.9 cm³/mol. The van der Waals surface area contributed by atoms with Crippen LogP contribution in [-0.2, 0) is 12.3 Å². The molecule has 0 fully saturated rings. The number of aryl methyl sites for hydroxylation is 1. The third kappa shape index (κ3) is 2.61. The number of aromatic nitrogens is 3. The van der Waals surface area contributed by atoms with Crippen molar-refractivity contribution >= 4 is 23.2 Å². The zero-order valence-corrected chi connectivity index (χ0v) is 11.0. The Hall–Kier alpha value is -1.06. The minimum absolute atomic E-state index is 0.381. The van der Waals surface area contributed by atoms with E-state index in [0.29, 0.717) is 10.9 Å². The molecule has 0 aliphatic heterocycles. The summed E-state index contributed by atoms with van der Waals surface area (Å²) in [5.41, 5.74) is 0.884. The molecule has 0 atom stereocenters. The number of halogens is 2. The monoisotopic (exact) mass is 269 g/mol. The van der Waals surface area contributed by atoms with Crippen molar-refractivity contribution < 1.29 is 0 Å². The Bertz CT molecular complexity index is 508. The molecule has 3 nitrogen and oxygen atoms in total. The lowest BCUT2D eigenvalue weighted by molar-refractivity contribution is 0.797. The number of hydrogen-bond donors (Lipinski definition) is 0. The zero-order valence-electron chi connectivity index (χ0n) is 9.53. The first kappa shape index (κ1) is 12.4. The van der Waals surface area contributed by atoms with Crippen molar-refractivity contribution in [2.45, 2.75) is 25.6 Å². The molecule has 2 aromatic heterocycles. The molecule has 5 heteroatoms. The van der Waals surface area contributed by atoms with Crippen LogP contribution in [0.3, 0.4) is 0 Å². The molecule has 0 aromatic carbocycles. The van der Waals surface area contributed by atoms with Crippen LogP contribution in [0.5, 0.6) is 0 Å². The molecule has 0 aliphatic rings. The lowest BCUT2D eigenvalue weighted by atomic mass is 10.3.